The predicted octanol–water partition coefficient (Wildman–Crippen LogP) is 6.19. The van der Waals surface area contributed by atoms with E-state index in [2.05, 4.69) is 5.32 Å². The Morgan fingerprint density at radius 3 is 2.30 bits per heavy atom. The summed E-state index contributed by atoms with van der Waals surface area (Å²) in [7, 11) is 1.76. The maximum atomic E-state index is 13.6. The summed E-state index contributed by atoms with van der Waals surface area (Å²) in [5.41, 5.74) is 3.28. The molecule has 4 rings (SSSR count). The second kappa shape index (κ2) is 11.7. The Morgan fingerprint density at radius 1 is 0.919 bits per heavy atom. The van der Waals surface area contributed by atoms with Gasteiger partial charge in [-0.25, -0.2) is 4.79 Å². The molecule has 0 aliphatic heterocycles. The van der Waals surface area contributed by atoms with Gasteiger partial charge < -0.3 is 15.3 Å². The Morgan fingerprint density at radius 2 is 1.62 bits per heavy atom. The summed E-state index contributed by atoms with van der Waals surface area (Å²) in [6.07, 6.45) is 7.89. The second-order valence-corrected chi connectivity index (χ2v) is 9.67. The van der Waals surface area contributed by atoms with Crippen molar-refractivity contribution in [3.63, 3.8) is 0 Å². The van der Waals surface area contributed by atoms with E-state index in [1.807, 2.05) is 60.7 Å². The van der Waals surface area contributed by atoms with Crippen molar-refractivity contribution in [2.24, 2.45) is 5.41 Å². The summed E-state index contributed by atoms with van der Waals surface area (Å²) < 4.78 is 0. The van der Waals surface area contributed by atoms with Crippen molar-refractivity contribution in [1.29, 1.82) is 0 Å². The number of carbonyl (C=O) groups excluding carboxylic acids is 2. The molecular weight excluding hydrogens is 464 g/mol. The highest BCUT2D eigenvalue weighted by Crippen LogP contribution is 2.40. The Hall–Kier alpha value is -4.19. The number of amides is 2. The van der Waals surface area contributed by atoms with Crippen LogP contribution in [-0.2, 0) is 16.0 Å². The Balaban J connectivity index is 1.49. The number of carboxylic acids is 1. The molecule has 2 N–H and O–H groups in total. The largest absolute Gasteiger partial charge is 0.478 e. The topological polar surface area (TPSA) is 86.7 Å². The van der Waals surface area contributed by atoms with Crippen molar-refractivity contribution in [1.82, 2.24) is 0 Å². The molecule has 0 radical (unpaired) electrons. The molecular formula is C31H32N2O4. The van der Waals surface area contributed by atoms with Crippen LogP contribution in [0, 0.1) is 5.41 Å². The Kier molecular flexibility index (Phi) is 8.18. The fraction of sp³-hybridized carbons (Fsp3) is 0.258. The molecule has 1 fully saturated rings. The molecule has 0 atom stereocenters. The van der Waals surface area contributed by atoms with Crippen molar-refractivity contribution < 1.29 is 19.5 Å². The number of rotatable bonds is 8. The molecule has 1 aliphatic rings. The van der Waals surface area contributed by atoms with Crippen LogP contribution in [-0.4, -0.2) is 29.9 Å². The summed E-state index contributed by atoms with van der Waals surface area (Å²) in [4.78, 5) is 39.0. The van der Waals surface area contributed by atoms with E-state index in [1.54, 1.807) is 30.1 Å². The van der Waals surface area contributed by atoms with Crippen LogP contribution >= 0.6 is 0 Å². The van der Waals surface area contributed by atoms with Gasteiger partial charge in [0, 0.05) is 30.1 Å². The van der Waals surface area contributed by atoms with Crippen LogP contribution < -0.4 is 10.2 Å². The lowest BCUT2D eigenvalue weighted by Crippen LogP contribution is -2.40. The fourth-order valence-electron chi connectivity index (χ4n) is 4.98. The number of nitrogens with one attached hydrogen (secondary N) is 1. The zero-order valence-electron chi connectivity index (χ0n) is 21.0. The first-order valence-electron chi connectivity index (χ1n) is 12.6. The van der Waals surface area contributed by atoms with Crippen LogP contribution in [0.2, 0.25) is 0 Å². The minimum Gasteiger partial charge on any atom is -0.478 e. The summed E-state index contributed by atoms with van der Waals surface area (Å²) >= 11 is 0. The minimum atomic E-state index is -1.02. The number of hydrogen-bond acceptors (Lipinski definition) is 3. The third-order valence-corrected chi connectivity index (χ3v) is 7.05. The molecule has 2 amide bonds. The molecule has 1 saturated carbocycles. The monoisotopic (exact) mass is 496 g/mol. The number of aliphatic carboxylic acids is 1. The molecule has 3 aromatic rings. The quantitative estimate of drug-likeness (QED) is 0.364. The van der Waals surface area contributed by atoms with E-state index in [0.717, 1.165) is 49.4 Å². The van der Waals surface area contributed by atoms with E-state index in [0.29, 0.717) is 23.2 Å². The highest BCUT2D eigenvalue weighted by molar-refractivity contribution is 6.05. The third-order valence-electron chi connectivity index (χ3n) is 7.05. The predicted molar refractivity (Wildman–Crippen MR) is 147 cm³/mol. The molecule has 1 aliphatic carbocycles. The van der Waals surface area contributed by atoms with Crippen molar-refractivity contribution >= 4 is 35.2 Å². The number of anilines is 2. The summed E-state index contributed by atoms with van der Waals surface area (Å²) in [6, 6.07) is 24.3. The second-order valence-electron chi connectivity index (χ2n) is 9.67. The lowest BCUT2D eigenvalue weighted by molar-refractivity contribution is -0.131. The lowest BCUT2D eigenvalue weighted by Gasteiger charge is -2.36. The van der Waals surface area contributed by atoms with Crippen molar-refractivity contribution in [2.45, 2.75) is 38.5 Å². The molecule has 0 heterocycles. The number of carbonyl (C=O) groups is 3. The van der Waals surface area contributed by atoms with Crippen LogP contribution in [0.4, 0.5) is 11.4 Å². The van der Waals surface area contributed by atoms with Crippen LogP contribution in [0.25, 0.3) is 6.08 Å². The van der Waals surface area contributed by atoms with Gasteiger partial charge in [-0.05, 0) is 72.9 Å². The van der Waals surface area contributed by atoms with Gasteiger partial charge in [0.05, 0.1) is 5.41 Å². The first-order chi connectivity index (χ1) is 17.9. The van der Waals surface area contributed by atoms with Gasteiger partial charge in [-0.3, -0.25) is 9.59 Å². The Labute approximate surface area is 217 Å². The number of para-hydroxylation sites is 1. The number of carboxylic acid groups (broad SMARTS) is 1. The van der Waals surface area contributed by atoms with Gasteiger partial charge in [0.15, 0.2) is 0 Å². The fourth-order valence-corrected chi connectivity index (χ4v) is 4.98. The molecule has 37 heavy (non-hydrogen) atoms. The van der Waals surface area contributed by atoms with Crippen molar-refractivity contribution in [3.05, 3.63) is 102 Å². The van der Waals surface area contributed by atoms with Crippen molar-refractivity contribution in [3.8, 4) is 0 Å². The molecule has 0 bridgehead atoms. The van der Waals surface area contributed by atoms with E-state index < -0.39 is 11.4 Å². The number of hydrogen-bond donors (Lipinski definition) is 2. The maximum Gasteiger partial charge on any atom is 0.328 e. The summed E-state index contributed by atoms with van der Waals surface area (Å²) in [6.45, 7) is 0. The van der Waals surface area contributed by atoms with Crippen LogP contribution in [0.1, 0.15) is 53.6 Å². The molecule has 6 heteroatoms. The summed E-state index contributed by atoms with van der Waals surface area (Å²) in [5.74, 6) is -1.12. The molecule has 3 aromatic carbocycles. The normalized spacial score (nSPS) is 14.7. The van der Waals surface area contributed by atoms with Crippen LogP contribution in [0.3, 0.4) is 0 Å². The van der Waals surface area contributed by atoms with Gasteiger partial charge in [0.2, 0.25) is 5.91 Å². The van der Waals surface area contributed by atoms with E-state index in [4.69, 9.17) is 5.11 Å². The van der Waals surface area contributed by atoms with Gasteiger partial charge in [-0.1, -0.05) is 61.7 Å². The van der Waals surface area contributed by atoms with Crippen LogP contribution in [0.15, 0.2) is 84.9 Å². The number of nitrogens with zero attached hydrogens (tertiary/aromatic N) is 1. The van der Waals surface area contributed by atoms with Gasteiger partial charge in [-0.15, -0.1) is 0 Å². The lowest BCUT2D eigenvalue weighted by atomic mass is 9.69. The highest BCUT2D eigenvalue weighted by Gasteiger charge is 2.39. The first-order valence-corrected chi connectivity index (χ1v) is 12.6. The third kappa shape index (κ3) is 6.53. The van der Waals surface area contributed by atoms with E-state index >= 15 is 0 Å². The Bertz CT molecular complexity index is 1280. The zero-order chi connectivity index (χ0) is 26.3. The highest BCUT2D eigenvalue weighted by atomic mass is 16.4. The van der Waals surface area contributed by atoms with Gasteiger partial charge >= 0.3 is 5.97 Å². The van der Waals surface area contributed by atoms with Gasteiger partial charge in [0.25, 0.3) is 5.91 Å². The minimum absolute atomic E-state index is 0.0180. The molecule has 190 valence electrons. The maximum absolute atomic E-state index is 13.6. The van der Waals surface area contributed by atoms with E-state index in [-0.39, 0.29) is 11.8 Å². The smallest absolute Gasteiger partial charge is 0.328 e. The van der Waals surface area contributed by atoms with E-state index in [9.17, 15) is 14.4 Å². The first kappa shape index (κ1) is 25.9. The molecule has 0 unspecified atom stereocenters. The zero-order valence-corrected chi connectivity index (χ0v) is 21.0. The van der Waals surface area contributed by atoms with Gasteiger partial charge in [-0.2, -0.15) is 0 Å². The average molecular weight is 497 g/mol. The van der Waals surface area contributed by atoms with Crippen LogP contribution in [0.5, 0.6) is 0 Å². The average Bonchev–Trinajstić information content (AvgIpc) is 2.93. The van der Waals surface area contributed by atoms with Gasteiger partial charge in [0.1, 0.15) is 0 Å². The molecule has 0 aromatic heterocycles. The number of benzene rings is 3. The SMILES string of the molecule is CN(C(=O)c1ccc(CC2(C(=O)Nc3cccc(/C=C/C(=O)O)c3)CCCCC2)cc1)c1ccccc1. The standard InChI is InChI=1S/C31H32N2O4/c1-33(27-11-4-2-5-12-27)29(36)25-16-13-24(14-17-25)22-31(19-6-3-7-20-31)30(37)32-26-10-8-9-23(21-26)15-18-28(34)35/h2,4-5,8-18,21H,3,6-7,19-20,22H2,1H3,(H,32,37)(H,34,35)/b18-15+. The molecule has 0 saturated heterocycles. The summed E-state index contributed by atoms with van der Waals surface area (Å²) in [5, 5.41) is 12.0. The molecule has 6 nitrogen and oxygen atoms in total. The van der Waals surface area contributed by atoms with Crippen molar-refractivity contribution in [2.75, 3.05) is 17.3 Å². The van der Waals surface area contributed by atoms with E-state index in [1.165, 1.54) is 6.08 Å². The molecule has 0 spiro atoms.